The monoisotopic (exact) mass is 452 g/mol. The van der Waals surface area contributed by atoms with Gasteiger partial charge >= 0.3 is 5.69 Å². The van der Waals surface area contributed by atoms with E-state index in [0.717, 1.165) is 41.6 Å². The van der Waals surface area contributed by atoms with Crippen LogP contribution in [0, 0.1) is 0 Å². The lowest BCUT2D eigenvalue weighted by Crippen LogP contribution is -2.39. The number of hydrogen-bond acceptors (Lipinski definition) is 4. The minimum Gasteiger partial charge on any atom is -0.497 e. The van der Waals surface area contributed by atoms with Crippen molar-refractivity contribution >= 4 is 33.2 Å². The van der Waals surface area contributed by atoms with Gasteiger partial charge in [0.1, 0.15) is 10.6 Å². The van der Waals surface area contributed by atoms with Crippen LogP contribution < -0.4 is 16.0 Å². The molecule has 2 heterocycles. The number of rotatable bonds is 4. The zero-order chi connectivity index (χ0) is 21.5. The van der Waals surface area contributed by atoms with Crippen molar-refractivity contribution in [1.29, 1.82) is 0 Å². The van der Waals surface area contributed by atoms with Crippen LogP contribution in [0.1, 0.15) is 28.8 Å². The summed E-state index contributed by atoms with van der Waals surface area (Å²) in [6, 6.07) is 14.5. The van der Waals surface area contributed by atoms with Gasteiger partial charge in [-0.05, 0) is 73.2 Å². The molecular formula is C24H21ClN2O3S. The summed E-state index contributed by atoms with van der Waals surface area (Å²) in [4.78, 5) is 29.2. The number of methoxy groups -OCH3 is 1. The van der Waals surface area contributed by atoms with E-state index in [9.17, 15) is 9.59 Å². The minimum atomic E-state index is -0.346. The van der Waals surface area contributed by atoms with Gasteiger partial charge in [-0.1, -0.05) is 23.7 Å². The summed E-state index contributed by atoms with van der Waals surface area (Å²) >= 11 is 7.77. The van der Waals surface area contributed by atoms with Crippen LogP contribution in [0.2, 0.25) is 5.02 Å². The summed E-state index contributed by atoms with van der Waals surface area (Å²) in [6.45, 7) is 0.353. The van der Waals surface area contributed by atoms with E-state index < -0.39 is 0 Å². The molecular weight excluding hydrogens is 432 g/mol. The quantitative estimate of drug-likeness (QED) is 0.446. The highest BCUT2D eigenvalue weighted by Crippen LogP contribution is 2.34. The first-order valence-electron chi connectivity index (χ1n) is 10.3. The molecule has 0 aliphatic heterocycles. The van der Waals surface area contributed by atoms with Gasteiger partial charge in [0, 0.05) is 9.90 Å². The van der Waals surface area contributed by atoms with Crippen molar-refractivity contribution < 1.29 is 4.74 Å². The second kappa shape index (κ2) is 8.02. The Morgan fingerprint density at radius 3 is 2.58 bits per heavy atom. The second-order valence-electron chi connectivity index (χ2n) is 7.73. The Morgan fingerprint density at radius 1 is 1.06 bits per heavy atom. The van der Waals surface area contributed by atoms with E-state index in [1.165, 1.54) is 9.44 Å². The zero-order valence-electron chi connectivity index (χ0n) is 17.1. The standard InChI is InChI=1S/C24H21ClN2O3S/c1-30-18-11-9-17(10-12-18)27-22(28)21-19-7-2-3-8-20(19)31-23(21)26(24(27)29)14-15-5-4-6-16(25)13-15/h4-6,9-13H,2-3,7-8,14H2,1H3. The van der Waals surface area contributed by atoms with Crippen molar-refractivity contribution in [3.63, 3.8) is 0 Å². The van der Waals surface area contributed by atoms with Gasteiger partial charge in [0.2, 0.25) is 0 Å². The molecule has 1 aliphatic carbocycles. The lowest BCUT2D eigenvalue weighted by atomic mass is 9.97. The van der Waals surface area contributed by atoms with Gasteiger partial charge in [-0.2, -0.15) is 0 Å². The van der Waals surface area contributed by atoms with Crippen LogP contribution in [0.15, 0.2) is 58.1 Å². The second-order valence-corrected chi connectivity index (χ2v) is 9.25. The SMILES string of the molecule is COc1ccc(-n2c(=O)c3c4c(sc3n(Cc3cccc(Cl)c3)c2=O)CCCC4)cc1. The van der Waals surface area contributed by atoms with Crippen molar-refractivity contribution in [3.05, 3.63) is 90.4 Å². The molecule has 2 aromatic heterocycles. The number of ether oxygens (including phenoxy) is 1. The summed E-state index contributed by atoms with van der Waals surface area (Å²) in [5.74, 6) is 0.671. The van der Waals surface area contributed by atoms with E-state index in [4.69, 9.17) is 16.3 Å². The van der Waals surface area contributed by atoms with E-state index in [-0.39, 0.29) is 11.2 Å². The molecule has 0 spiro atoms. The third kappa shape index (κ3) is 3.50. The fourth-order valence-electron chi connectivity index (χ4n) is 4.28. The molecule has 0 saturated carbocycles. The zero-order valence-corrected chi connectivity index (χ0v) is 18.6. The molecule has 158 valence electrons. The number of hydrogen-bond donors (Lipinski definition) is 0. The van der Waals surface area contributed by atoms with Crippen LogP contribution in [-0.4, -0.2) is 16.2 Å². The first kappa shape index (κ1) is 20.1. The van der Waals surface area contributed by atoms with Crippen molar-refractivity contribution in [2.75, 3.05) is 7.11 Å². The van der Waals surface area contributed by atoms with Gasteiger partial charge in [-0.25, -0.2) is 9.36 Å². The number of halogens is 1. The summed E-state index contributed by atoms with van der Waals surface area (Å²) in [7, 11) is 1.59. The normalized spacial score (nSPS) is 13.4. The lowest BCUT2D eigenvalue weighted by molar-refractivity contribution is 0.414. The summed E-state index contributed by atoms with van der Waals surface area (Å²) in [6.07, 6.45) is 4.02. The summed E-state index contributed by atoms with van der Waals surface area (Å²) < 4.78 is 8.23. The highest BCUT2D eigenvalue weighted by atomic mass is 35.5. The number of aromatic nitrogens is 2. The van der Waals surface area contributed by atoms with Gasteiger partial charge in [0.05, 0.1) is 24.7 Å². The largest absolute Gasteiger partial charge is 0.497 e. The Labute approximate surface area is 188 Å². The van der Waals surface area contributed by atoms with Crippen LogP contribution >= 0.6 is 22.9 Å². The average Bonchev–Trinajstić information content (AvgIpc) is 3.17. The number of thiophene rings is 1. The van der Waals surface area contributed by atoms with Gasteiger partial charge in [-0.3, -0.25) is 9.36 Å². The minimum absolute atomic E-state index is 0.244. The van der Waals surface area contributed by atoms with Crippen LogP contribution in [-0.2, 0) is 19.4 Å². The molecule has 1 aliphatic rings. The first-order valence-corrected chi connectivity index (χ1v) is 11.4. The van der Waals surface area contributed by atoms with Crippen molar-refractivity contribution in [2.24, 2.45) is 0 Å². The molecule has 0 saturated heterocycles. The highest BCUT2D eigenvalue weighted by Gasteiger charge is 2.24. The Hall–Kier alpha value is -2.83. The van der Waals surface area contributed by atoms with E-state index in [1.807, 2.05) is 24.3 Å². The Kier molecular flexibility index (Phi) is 5.20. The van der Waals surface area contributed by atoms with Crippen LogP contribution in [0.25, 0.3) is 15.9 Å². The molecule has 0 unspecified atom stereocenters. The molecule has 5 rings (SSSR count). The lowest BCUT2D eigenvalue weighted by Gasteiger charge is -2.14. The van der Waals surface area contributed by atoms with Crippen LogP contribution in [0.4, 0.5) is 0 Å². The highest BCUT2D eigenvalue weighted by molar-refractivity contribution is 7.18. The van der Waals surface area contributed by atoms with E-state index in [0.29, 0.717) is 28.4 Å². The number of nitrogens with zero attached hydrogens (tertiary/aromatic N) is 2. The van der Waals surface area contributed by atoms with E-state index in [1.54, 1.807) is 47.3 Å². The maximum atomic E-state index is 13.6. The molecule has 4 aromatic rings. The van der Waals surface area contributed by atoms with Crippen molar-refractivity contribution in [1.82, 2.24) is 9.13 Å². The van der Waals surface area contributed by atoms with Crippen LogP contribution in [0.3, 0.4) is 0 Å². The maximum Gasteiger partial charge on any atom is 0.337 e. The molecule has 0 radical (unpaired) electrons. The molecule has 0 fully saturated rings. The molecule has 5 nitrogen and oxygen atoms in total. The third-order valence-electron chi connectivity index (χ3n) is 5.80. The predicted molar refractivity (Wildman–Crippen MR) is 125 cm³/mol. The topological polar surface area (TPSA) is 53.2 Å². The average molecular weight is 453 g/mol. The summed E-state index contributed by atoms with van der Waals surface area (Å²) in [5.41, 5.74) is 1.97. The van der Waals surface area contributed by atoms with Gasteiger partial charge < -0.3 is 4.74 Å². The Balaban J connectivity index is 1.80. The molecule has 0 amide bonds. The number of fused-ring (bicyclic) bond motifs is 3. The van der Waals surface area contributed by atoms with Crippen molar-refractivity contribution in [2.45, 2.75) is 32.2 Å². The third-order valence-corrected chi connectivity index (χ3v) is 7.35. The summed E-state index contributed by atoms with van der Waals surface area (Å²) in [5, 5.41) is 1.30. The van der Waals surface area contributed by atoms with Gasteiger partial charge in [-0.15, -0.1) is 11.3 Å². The van der Waals surface area contributed by atoms with Gasteiger partial charge in [0.15, 0.2) is 0 Å². The van der Waals surface area contributed by atoms with Gasteiger partial charge in [0.25, 0.3) is 5.56 Å². The molecule has 2 aromatic carbocycles. The Morgan fingerprint density at radius 2 is 1.84 bits per heavy atom. The molecule has 0 bridgehead atoms. The Bertz CT molecular complexity index is 1400. The first-order chi connectivity index (χ1) is 15.1. The van der Waals surface area contributed by atoms with E-state index in [2.05, 4.69) is 0 Å². The van der Waals surface area contributed by atoms with E-state index >= 15 is 0 Å². The maximum absolute atomic E-state index is 13.6. The smallest absolute Gasteiger partial charge is 0.337 e. The molecule has 7 heteroatoms. The molecule has 0 N–H and O–H groups in total. The number of aryl methyl sites for hydroxylation is 2. The molecule has 31 heavy (non-hydrogen) atoms. The number of benzene rings is 2. The molecule has 0 atom stereocenters. The fraction of sp³-hybridized carbons (Fsp3) is 0.250. The predicted octanol–water partition coefficient (Wildman–Crippen LogP) is 4.80. The van der Waals surface area contributed by atoms with Crippen LogP contribution in [0.5, 0.6) is 5.75 Å². The van der Waals surface area contributed by atoms with Crippen molar-refractivity contribution in [3.8, 4) is 11.4 Å². The fourth-order valence-corrected chi connectivity index (χ4v) is 5.87.